The molecule has 1 fully saturated rings. The second-order valence-electron chi connectivity index (χ2n) is 3.53. The van der Waals surface area contributed by atoms with Crippen molar-refractivity contribution >= 4 is 0 Å². The maximum absolute atomic E-state index is 2.37. The molecule has 0 aliphatic heterocycles. The van der Waals surface area contributed by atoms with E-state index in [-0.39, 0.29) is 0 Å². The smallest absolute Gasteiger partial charge is 0.0414 e. The minimum Gasteiger partial charge on any atom is -0.0625 e. The summed E-state index contributed by atoms with van der Waals surface area (Å²) < 4.78 is 0. The van der Waals surface area contributed by atoms with E-state index in [1.807, 2.05) is 0 Å². The minimum absolute atomic E-state index is 0.991. The molecule has 0 N–H and O–H groups in total. The van der Waals surface area contributed by atoms with E-state index in [1.54, 1.807) is 0 Å². The first kappa shape index (κ1) is 6.12. The summed E-state index contributed by atoms with van der Waals surface area (Å²) in [6, 6.07) is 0. The van der Waals surface area contributed by atoms with Crippen molar-refractivity contribution < 1.29 is 0 Å². The first-order chi connectivity index (χ1) is 3.70. The molecule has 0 spiro atoms. The van der Waals surface area contributed by atoms with Crippen molar-refractivity contribution in [3.63, 3.8) is 0 Å². The molecule has 0 bridgehead atoms. The molecule has 1 aliphatic carbocycles. The van der Waals surface area contributed by atoms with Crippen molar-refractivity contribution in [2.24, 2.45) is 17.8 Å². The quantitative estimate of drug-likeness (QED) is 0.452. The topological polar surface area (TPSA) is 0 Å². The Morgan fingerprint density at radius 2 is 1.25 bits per heavy atom. The second kappa shape index (κ2) is 2.08. The van der Waals surface area contributed by atoms with Crippen molar-refractivity contribution in [2.75, 3.05) is 0 Å². The molecular weight excluding hydrogens is 96.1 g/mol. The van der Waals surface area contributed by atoms with Crippen LogP contribution >= 0.6 is 0 Å². The lowest BCUT2D eigenvalue weighted by molar-refractivity contribution is 0.457. The van der Waals surface area contributed by atoms with Gasteiger partial charge >= 0.3 is 0 Å². The Morgan fingerprint density at radius 3 is 1.38 bits per heavy atom. The third-order valence-electron chi connectivity index (χ3n) is 2.52. The van der Waals surface area contributed by atoms with E-state index >= 15 is 0 Å². The van der Waals surface area contributed by atoms with Gasteiger partial charge in [-0.05, 0) is 30.6 Å². The van der Waals surface area contributed by atoms with Gasteiger partial charge in [0.15, 0.2) is 0 Å². The van der Waals surface area contributed by atoms with Gasteiger partial charge in [-0.1, -0.05) is 20.8 Å². The molecule has 0 aromatic rings. The van der Waals surface area contributed by atoms with Crippen LogP contribution in [0.15, 0.2) is 0 Å². The fourth-order valence-electron chi connectivity index (χ4n) is 1.83. The number of hydrogen-bond acceptors (Lipinski definition) is 0. The van der Waals surface area contributed by atoms with E-state index < -0.39 is 0 Å². The van der Waals surface area contributed by atoms with Gasteiger partial charge in [0, 0.05) is 0 Å². The zero-order chi connectivity index (χ0) is 6.15. The molecule has 1 saturated carbocycles. The predicted molar refractivity (Wildman–Crippen MR) is 36.7 cm³/mol. The maximum Gasteiger partial charge on any atom is -0.0414 e. The van der Waals surface area contributed by atoms with Gasteiger partial charge in [0.1, 0.15) is 0 Å². The summed E-state index contributed by atoms with van der Waals surface area (Å²) in [5.74, 6) is 2.98. The molecule has 0 radical (unpaired) electrons. The standard InChI is InChI=1S/C8H16/c1-6-4-7(2)8(3)5-6/h6-8H,4-5H2,1-3H3/t6?,7-,8?/m0/s1. The van der Waals surface area contributed by atoms with Crippen LogP contribution in [0.3, 0.4) is 0 Å². The summed E-state index contributed by atoms with van der Waals surface area (Å²) in [7, 11) is 0. The lowest BCUT2D eigenvalue weighted by atomic mass is 10.0. The van der Waals surface area contributed by atoms with Crippen LogP contribution in [0.5, 0.6) is 0 Å². The van der Waals surface area contributed by atoms with E-state index in [4.69, 9.17) is 0 Å². The van der Waals surface area contributed by atoms with Crippen molar-refractivity contribution in [3.8, 4) is 0 Å². The number of hydrogen-bond donors (Lipinski definition) is 0. The van der Waals surface area contributed by atoms with E-state index in [9.17, 15) is 0 Å². The zero-order valence-electron chi connectivity index (χ0n) is 6.15. The Bertz CT molecular complexity index is 66.1. The van der Waals surface area contributed by atoms with Gasteiger partial charge in [-0.2, -0.15) is 0 Å². The highest BCUT2D eigenvalue weighted by Gasteiger charge is 2.24. The first-order valence-electron chi connectivity index (χ1n) is 3.70. The number of rotatable bonds is 0. The summed E-state index contributed by atoms with van der Waals surface area (Å²) in [4.78, 5) is 0. The molecule has 8 heavy (non-hydrogen) atoms. The summed E-state index contributed by atoms with van der Waals surface area (Å²) >= 11 is 0. The van der Waals surface area contributed by atoms with Gasteiger partial charge in [-0.3, -0.25) is 0 Å². The Hall–Kier alpha value is 0. The molecule has 1 rings (SSSR count). The highest BCUT2D eigenvalue weighted by atomic mass is 14.3. The van der Waals surface area contributed by atoms with Crippen molar-refractivity contribution in [2.45, 2.75) is 33.6 Å². The fraction of sp³-hybridized carbons (Fsp3) is 1.00. The summed E-state index contributed by atoms with van der Waals surface area (Å²) in [6.45, 7) is 7.10. The monoisotopic (exact) mass is 112 g/mol. The van der Waals surface area contributed by atoms with Crippen LogP contribution in [0.4, 0.5) is 0 Å². The second-order valence-corrected chi connectivity index (χ2v) is 3.53. The van der Waals surface area contributed by atoms with Crippen molar-refractivity contribution in [1.29, 1.82) is 0 Å². The Labute approximate surface area is 52.3 Å². The molecule has 0 heteroatoms. The average Bonchev–Trinajstić information content (AvgIpc) is 1.85. The lowest BCUT2D eigenvalue weighted by Crippen LogP contribution is -1.95. The first-order valence-corrected chi connectivity index (χ1v) is 3.70. The molecule has 0 aromatic carbocycles. The van der Waals surface area contributed by atoms with Crippen LogP contribution in [0.2, 0.25) is 0 Å². The van der Waals surface area contributed by atoms with Crippen LogP contribution in [0.1, 0.15) is 33.6 Å². The molecule has 48 valence electrons. The maximum atomic E-state index is 2.37. The van der Waals surface area contributed by atoms with Gasteiger partial charge in [0.05, 0.1) is 0 Å². The Morgan fingerprint density at radius 1 is 0.875 bits per heavy atom. The average molecular weight is 112 g/mol. The lowest BCUT2D eigenvalue weighted by Gasteiger charge is -2.04. The summed E-state index contributed by atoms with van der Waals surface area (Å²) in [5.41, 5.74) is 0. The molecule has 0 heterocycles. The molecule has 0 nitrogen and oxygen atoms in total. The molecule has 0 aromatic heterocycles. The molecule has 2 unspecified atom stereocenters. The molecular formula is C8H16. The summed E-state index contributed by atoms with van der Waals surface area (Å²) in [6.07, 6.45) is 2.92. The Balaban J connectivity index is 2.39. The van der Waals surface area contributed by atoms with Crippen molar-refractivity contribution in [1.82, 2.24) is 0 Å². The molecule has 1 aliphatic rings. The SMILES string of the molecule is CC1CC(C)[C@@H](C)C1. The predicted octanol–water partition coefficient (Wildman–Crippen LogP) is 2.69. The largest absolute Gasteiger partial charge is 0.0625 e. The normalized spacial score (nSPS) is 47.6. The van der Waals surface area contributed by atoms with E-state index in [0.717, 1.165) is 17.8 Å². The van der Waals surface area contributed by atoms with Gasteiger partial charge in [0.25, 0.3) is 0 Å². The molecule has 0 saturated heterocycles. The highest BCUT2D eigenvalue weighted by molar-refractivity contribution is 4.74. The van der Waals surface area contributed by atoms with E-state index in [1.165, 1.54) is 12.8 Å². The molecule has 3 atom stereocenters. The fourth-order valence-corrected chi connectivity index (χ4v) is 1.83. The Kier molecular flexibility index (Phi) is 1.59. The molecule has 0 amide bonds. The van der Waals surface area contributed by atoms with Crippen LogP contribution in [0, 0.1) is 17.8 Å². The highest BCUT2D eigenvalue weighted by Crippen LogP contribution is 2.34. The van der Waals surface area contributed by atoms with Gasteiger partial charge in [-0.15, -0.1) is 0 Å². The van der Waals surface area contributed by atoms with Crippen LogP contribution in [0.25, 0.3) is 0 Å². The van der Waals surface area contributed by atoms with Crippen LogP contribution in [-0.2, 0) is 0 Å². The van der Waals surface area contributed by atoms with Crippen LogP contribution in [-0.4, -0.2) is 0 Å². The summed E-state index contributed by atoms with van der Waals surface area (Å²) in [5, 5.41) is 0. The van der Waals surface area contributed by atoms with Gasteiger partial charge in [0.2, 0.25) is 0 Å². The van der Waals surface area contributed by atoms with E-state index in [2.05, 4.69) is 20.8 Å². The minimum atomic E-state index is 0.991. The van der Waals surface area contributed by atoms with Gasteiger partial charge < -0.3 is 0 Å². The zero-order valence-corrected chi connectivity index (χ0v) is 6.15. The van der Waals surface area contributed by atoms with E-state index in [0.29, 0.717) is 0 Å². The van der Waals surface area contributed by atoms with Gasteiger partial charge in [-0.25, -0.2) is 0 Å². The van der Waals surface area contributed by atoms with Crippen LogP contribution < -0.4 is 0 Å². The third kappa shape index (κ3) is 1.04. The van der Waals surface area contributed by atoms with Crippen molar-refractivity contribution in [3.05, 3.63) is 0 Å². The third-order valence-corrected chi connectivity index (χ3v) is 2.52.